The molecule has 0 fully saturated rings. The summed E-state index contributed by atoms with van der Waals surface area (Å²) < 4.78 is 11.6. The van der Waals surface area contributed by atoms with Crippen molar-refractivity contribution in [3.63, 3.8) is 0 Å². The summed E-state index contributed by atoms with van der Waals surface area (Å²) in [7, 11) is 0. The van der Waals surface area contributed by atoms with Gasteiger partial charge in [0.2, 0.25) is 0 Å². The van der Waals surface area contributed by atoms with Crippen LogP contribution < -0.4 is 9.47 Å². The van der Waals surface area contributed by atoms with E-state index in [0.717, 1.165) is 43.1 Å². The minimum atomic E-state index is 0.712. The third-order valence-electron chi connectivity index (χ3n) is 5.27. The van der Waals surface area contributed by atoms with Crippen molar-refractivity contribution in [2.24, 2.45) is 0 Å². The maximum atomic E-state index is 5.80. The van der Waals surface area contributed by atoms with E-state index in [2.05, 4.69) is 23.8 Å². The lowest BCUT2D eigenvalue weighted by atomic mass is 10.1. The third kappa shape index (κ3) is 10.1. The van der Waals surface area contributed by atoms with Crippen LogP contribution in [0.25, 0.3) is 11.4 Å². The Balaban J connectivity index is 1.64. The standard InChI is InChI=1S/C26H40N2O2/c1-3-5-7-9-10-11-12-14-20-30-25-21-27-26(28-22-25)23-15-17-24(18-16-23)29-19-13-8-6-4-2/h15-18,21-22H,3-14,19-20H2,1-2H3. The first-order valence-corrected chi connectivity index (χ1v) is 12.0. The molecule has 0 bridgehead atoms. The van der Waals surface area contributed by atoms with Crippen molar-refractivity contribution >= 4 is 0 Å². The average Bonchev–Trinajstić information content (AvgIpc) is 2.79. The molecule has 0 spiro atoms. The predicted octanol–water partition coefficient (Wildman–Crippen LogP) is 7.62. The van der Waals surface area contributed by atoms with E-state index in [4.69, 9.17) is 9.47 Å². The van der Waals surface area contributed by atoms with E-state index < -0.39 is 0 Å². The Bertz CT molecular complexity index is 656. The molecule has 1 aromatic heterocycles. The van der Waals surface area contributed by atoms with Crippen LogP contribution >= 0.6 is 0 Å². The zero-order chi connectivity index (χ0) is 21.3. The van der Waals surface area contributed by atoms with E-state index in [0.29, 0.717) is 5.82 Å². The molecule has 0 atom stereocenters. The van der Waals surface area contributed by atoms with Gasteiger partial charge in [0, 0.05) is 5.56 Å². The first kappa shape index (κ1) is 24.2. The summed E-state index contributed by atoms with van der Waals surface area (Å²) in [6, 6.07) is 8.01. The number of unbranched alkanes of at least 4 members (excludes halogenated alkanes) is 10. The van der Waals surface area contributed by atoms with Crippen LogP contribution in [0, 0.1) is 0 Å². The Kier molecular flexibility index (Phi) is 12.7. The van der Waals surface area contributed by atoms with Crippen LogP contribution in [0.2, 0.25) is 0 Å². The number of benzene rings is 1. The van der Waals surface area contributed by atoms with Crippen LogP contribution in [-0.2, 0) is 0 Å². The molecule has 0 aliphatic carbocycles. The maximum absolute atomic E-state index is 5.80. The molecule has 4 heteroatoms. The minimum Gasteiger partial charge on any atom is -0.494 e. The largest absolute Gasteiger partial charge is 0.494 e. The van der Waals surface area contributed by atoms with Gasteiger partial charge in [0.1, 0.15) is 5.75 Å². The summed E-state index contributed by atoms with van der Waals surface area (Å²) in [5.41, 5.74) is 0.989. The second-order valence-corrected chi connectivity index (χ2v) is 8.00. The monoisotopic (exact) mass is 412 g/mol. The fourth-order valence-corrected chi connectivity index (χ4v) is 3.38. The SMILES string of the molecule is CCCCCCCCCCOc1cnc(-c2ccc(OCCCCCC)cc2)nc1. The van der Waals surface area contributed by atoms with Crippen LogP contribution in [0.4, 0.5) is 0 Å². The molecule has 0 N–H and O–H groups in total. The Hall–Kier alpha value is -2.10. The molecule has 0 saturated heterocycles. The Morgan fingerprint density at radius 1 is 0.567 bits per heavy atom. The molecule has 30 heavy (non-hydrogen) atoms. The molecule has 0 aliphatic rings. The van der Waals surface area contributed by atoms with E-state index in [-0.39, 0.29) is 0 Å². The fraction of sp³-hybridized carbons (Fsp3) is 0.615. The van der Waals surface area contributed by atoms with Gasteiger partial charge in [-0.3, -0.25) is 0 Å². The van der Waals surface area contributed by atoms with Gasteiger partial charge in [-0.2, -0.15) is 0 Å². The van der Waals surface area contributed by atoms with Gasteiger partial charge in [-0.15, -0.1) is 0 Å². The molecule has 0 amide bonds. The lowest BCUT2D eigenvalue weighted by Gasteiger charge is -2.08. The first-order valence-electron chi connectivity index (χ1n) is 12.0. The molecule has 0 radical (unpaired) electrons. The lowest BCUT2D eigenvalue weighted by molar-refractivity contribution is 0.302. The van der Waals surface area contributed by atoms with E-state index in [1.807, 2.05) is 24.3 Å². The zero-order valence-corrected chi connectivity index (χ0v) is 19.1. The van der Waals surface area contributed by atoms with Crippen molar-refractivity contribution in [3.05, 3.63) is 36.7 Å². The van der Waals surface area contributed by atoms with Gasteiger partial charge < -0.3 is 9.47 Å². The Morgan fingerprint density at radius 2 is 1.03 bits per heavy atom. The summed E-state index contributed by atoms with van der Waals surface area (Å²) in [5, 5.41) is 0. The van der Waals surface area contributed by atoms with E-state index >= 15 is 0 Å². The van der Waals surface area contributed by atoms with Gasteiger partial charge in [0.15, 0.2) is 11.6 Å². The zero-order valence-electron chi connectivity index (χ0n) is 19.1. The highest BCUT2D eigenvalue weighted by Crippen LogP contribution is 2.21. The third-order valence-corrected chi connectivity index (χ3v) is 5.27. The van der Waals surface area contributed by atoms with Crippen LogP contribution in [0.5, 0.6) is 11.5 Å². The predicted molar refractivity (Wildman–Crippen MR) is 125 cm³/mol. The average molecular weight is 413 g/mol. The summed E-state index contributed by atoms with van der Waals surface area (Å²) in [5.74, 6) is 2.36. The van der Waals surface area contributed by atoms with Crippen molar-refractivity contribution in [3.8, 4) is 22.9 Å². The maximum Gasteiger partial charge on any atom is 0.159 e. The van der Waals surface area contributed by atoms with Crippen molar-refractivity contribution in [1.82, 2.24) is 9.97 Å². The topological polar surface area (TPSA) is 44.2 Å². The van der Waals surface area contributed by atoms with Crippen molar-refractivity contribution in [2.45, 2.75) is 90.9 Å². The molecule has 2 rings (SSSR count). The molecule has 0 unspecified atom stereocenters. The number of aromatic nitrogens is 2. The molecular formula is C26H40N2O2. The van der Waals surface area contributed by atoms with E-state index in [9.17, 15) is 0 Å². The molecule has 1 heterocycles. The Labute approximate surface area is 183 Å². The molecule has 0 aliphatic heterocycles. The van der Waals surface area contributed by atoms with Crippen LogP contribution in [0.3, 0.4) is 0 Å². The second-order valence-electron chi connectivity index (χ2n) is 8.00. The lowest BCUT2D eigenvalue weighted by Crippen LogP contribution is -1.99. The van der Waals surface area contributed by atoms with Crippen LogP contribution in [0.1, 0.15) is 90.9 Å². The summed E-state index contributed by atoms with van der Waals surface area (Å²) in [6.45, 7) is 6.00. The number of hydrogen-bond acceptors (Lipinski definition) is 4. The molecule has 0 saturated carbocycles. The minimum absolute atomic E-state index is 0.712. The van der Waals surface area contributed by atoms with Crippen molar-refractivity contribution in [2.75, 3.05) is 13.2 Å². The number of nitrogens with zero attached hydrogens (tertiary/aromatic N) is 2. The van der Waals surface area contributed by atoms with Gasteiger partial charge in [-0.25, -0.2) is 9.97 Å². The summed E-state index contributed by atoms with van der Waals surface area (Å²) >= 11 is 0. The first-order chi connectivity index (χ1) is 14.8. The molecule has 166 valence electrons. The number of rotatable bonds is 17. The second kappa shape index (κ2) is 15.7. The van der Waals surface area contributed by atoms with Crippen LogP contribution in [0.15, 0.2) is 36.7 Å². The van der Waals surface area contributed by atoms with Gasteiger partial charge in [0.05, 0.1) is 25.6 Å². The van der Waals surface area contributed by atoms with Crippen LogP contribution in [-0.4, -0.2) is 23.2 Å². The smallest absolute Gasteiger partial charge is 0.159 e. The highest BCUT2D eigenvalue weighted by Gasteiger charge is 2.03. The van der Waals surface area contributed by atoms with E-state index in [1.165, 1.54) is 64.2 Å². The van der Waals surface area contributed by atoms with Gasteiger partial charge in [0.25, 0.3) is 0 Å². The molecule has 4 nitrogen and oxygen atoms in total. The molecular weight excluding hydrogens is 372 g/mol. The normalized spacial score (nSPS) is 10.9. The van der Waals surface area contributed by atoms with Crippen molar-refractivity contribution in [1.29, 1.82) is 0 Å². The van der Waals surface area contributed by atoms with Gasteiger partial charge in [-0.1, -0.05) is 78.1 Å². The molecule has 2 aromatic rings. The molecule has 1 aromatic carbocycles. The highest BCUT2D eigenvalue weighted by molar-refractivity contribution is 5.56. The Morgan fingerprint density at radius 3 is 1.60 bits per heavy atom. The van der Waals surface area contributed by atoms with E-state index in [1.54, 1.807) is 12.4 Å². The quantitative estimate of drug-likeness (QED) is 0.251. The fourth-order valence-electron chi connectivity index (χ4n) is 3.38. The summed E-state index contributed by atoms with van der Waals surface area (Å²) in [6.07, 6.45) is 18.8. The van der Waals surface area contributed by atoms with Gasteiger partial charge in [-0.05, 0) is 37.1 Å². The van der Waals surface area contributed by atoms with Gasteiger partial charge >= 0.3 is 0 Å². The number of ether oxygens (including phenoxy) is 2. The summed E-state index contributed by atoms with van der Waals surface area (Å²) in [4.78, 5) is 8.91. The van der Waals surface area contributed by atoms with Crippen molar-refractivity contribution < 1.29 is 9.47 Å². The number of hydrogen-bond donors (Lipinski definition) is 0. The highest BCUT2D eigenvalue weighted by atomic mass is 16.5.